The van der Waals surface area contributed by atoms with Crippen LogP contribution in [0.25, 0.3) is 0 Å². The Bertz CT molecular complexity index is 1090. The van der Waals surface area contributed by atoms with Crippen LogP contribution in [0.5, 0.6) is 0 Å². The Morgan fingerprint density at radius 3 is 2.59 bits per heavy atom. The van der Waals surface area contributed by atoms with Gasteiger partial charge in [0.2, 0.25) is 5.91 Å². The number of carbonyl (C=O) groups is 3. The van der Waals surface area contributed by atoms with Crippen molar-refractivity contribution < 1.29 is 14.4 Å². The summed E-state index contributed by atoms with van der Waals surface area (Å²) in [5.41, 5.74) is 4.47. The largest absolute Gasteiger partial charge is 0.347 e. The summed E-state index contributed by atoms with van der Waals surface area (Å²) in [5.74, 6) is -0.387. The first-order valence-corrected chi connectivity index (χ1v) is 11.1. The number of hydrogen-bond donors (Lipinski definition) is 1. The highest BCUT2D eigenvalue weighted by Gasteiger charge is 2.26. The van der Waals surface area contributed by atoms with Crippen LogP contribution in [-0.2, 0) is 16.1 Å². The fourth-order valence-corrected chi connectivity index (χ4v) is 4.05. The van der Waals surface area contributed by atoms with E-state index in [1.54, 1.807) is 0 Å². The Hall–Kier alpha value is -3.48. The summed E-state index contributed by atoms with van der Waals surface area (Å²) in [4.78, 5) is 39.7. The van der Waals surface area contributed by atoms with Gasteiger partial charge in [-0.25, -0.2) is 5.01 Å². The number of rotatable bonds is 5. The van der Waals surface area contributed by atoms with E-state index in [1.165, 1.54) is 5.01 Å². The molecule has 1 saturated heterocycles. The lowest BCUT2D eigenvalue weighted by atomic mass is 10.1. The van der Waals surface area contributed by atoms with Gasteiger partial charge in [-0.05, 0) is 61.6 Å². The Morgan fingerprint density at radius 2 is 1.81 bits per heavy atom. The average Bonchev–Trinajstić information content (AvgIpc) is 3.34. The van der Waals surface area contributed by atoms with Crippen LogP contribution < -0.4 is 10.3 Å². The molecule has 0 spiro atoms. The molecule has 2 aliphatic heterocycles. The van der Waals surface area contributed by atoms with Gasteiger partial charge in [0.05, 0.1) is 5.69 Å². The van der Waals surface area contributed by atoms with Crippen LogP contribution in [0, 0.1) is 13.8 Å². The van der Waals surface area contributed by atoms with Gasteiger partial charge < -0.3 is 10.2 Å². The second-order valence-electron chi connectivity index (χ2n) is 8.42. The van der Waals surface area contributed by atoms with Crippen LogP contribution in [-0.4, -0.2) is 41.4 Å². The third-order valence-corrected chi connectivity index (χ3v) is 5.91. The molecule has 2 aromatic carbocycles. The maximum Gasteiger partial charge on any atom is 0.267 e. The molecule has 1 fully saturated rings. The SMILES string of the molecule is Cc1ccc(C)c(N2N=C(C(=O)NCc3cccc(C(=O)N4CCCC4)c3)CCC2=O)c1. The van der Waals surface area contributed by atoms with Gasteiger partial charge in [-0.15, -0.1) is 0 Å². The Morgan fingerprint density at radius 1 is 1.03 bits per heavy atom. The van der Waals surface area contributed by atoms with E-state index in [9.17, 15) is 14.4 Å². The van der Waals surface area contributed by atoms with E-state index in [2.05, 4.69) is 10.4 Å². The number of aryl methyl sites for hydroxylation is 2. The van der Waals surface area contributed by atoms with Crippen LogP contribution in [0.4, 0.5) is 5.69 Å². The second kappa shape index (κ2) is 9.34. The lowest BCUT2D eigenvalue weighted by Crippen LogP contribution is -2.39. The van der Waals surface area contributed by atoms with Crippen molar-refractivity contribution in [1.82, 2.24) is 10.2 Å². The van der Waals surface area contributed by atoms with E-state index < -0.39 is 0 Å². The van der Waals surface area contributed by atoms with Gasteiger partial charge in [0, 0.05) is 38.0 Å². The summed E-state index contributed by atoms with van der Waals surface area (Å²) in [7, 11) is 0. The van der Waals surface area contributed by atoms with Gasteiger partial charge in [0.15, 0.2) is 0 Å². The van der Waals surface area contributed by atoms with Crippen molar-refractivity contribution in [3.63, 3.8) is 0 Å². The van der Waals surface area contributed by atoms with Crippen LogP contribution in [0.3, 0.4) is 0 Å². The normalized spacial score (nSPS) is 16.2. The summed E-state index contributed by atoms with van der Waals surface area (Å²) in [6, 6.07) is 13.2. The molecule has 166 valence electrons. The minimum absolute atomic E-state index is 0.0370. The Kier molecular flexibility index (Phi) is 6.35. The molecule has 0 unspecified atom stereocenters. The van der Waals surface area contributed by atoms with Crippen molar-refractivity contribution in [3.8, 4) is 0 Å². The maximum absolute atomic E-state index is 12.8. The predicted octanol–water partition coefficient (Wildman–Crippen LogP) is 3.34. The summed E-state index contributed by atoms with van der Waals surface area (Å²) < 4.78 is 0. The van der Waals surface area contributed by atoms with Crippen LogP contribution >= 0.6 is 0 Å². The summed E-state index contributed by atoms with van der Waals surface area (Å²) in [6.45, 7) is 5.76. The van der Waals surface area contributed by atoms with Gasteiger partial charge >= 0.3 is 0 Å². The van der Waals surface area contributed by atoms with Gasteiger partial charge in [-0.1, -0.05) is 24.3 Å². The van der Waals surface area contributed by atoms with Crippen molar-refractivity contribution in [2.24, 2.45) is 5.10 Å². The maximum atomic E-state index is 12.8. The highest BCUT2D eigenvalue weighted by atomic mass is 16.2. The number of anilines is 1. The van der Waals surface area contributed by atoms with Gasteiger partial charge in [-0.3, -0.25) is 14.4 Å². The zero-order chi connectivity index (χ0) is 22.7. The molecule has 2 heterocycles. The molecule has 0 aromatic heterocycles. The Balaban J connectivity index is 1.45. The van der Waals surface area contributed by atoms with E-state index in [-0.39, 0.29) is 30.7 Å². The Labute approximate surface area is 188 Å². The number of hydrazone groups is 1. The van der Waals surface area contributed by atoms with E-state index in [0.29, 0.717) is 23.4 Å². The average molecular weight is 433 g/mol. The molecule has 4 rings (SSSR count). The number of nitrogens with zero attached hydrogens (tertiary/aromatic N) is 3. The predicted molar refractivity (Wildman–Crippen MR) is 123 cm³/mol. The van der Waals surface area contributed by atoms with Crippen molar-refractivity contribution in [3.05, 3.63) is 64.7 Å². The van der Waals surface area contributed by atoms with E-state index in [1.807, 2.05) is 61.2 Å². The number of hydrogen-bond acceptors (Lipinski definition) is 4. The minimum atomic E-state index is -0.302. The summed E-state index contributed by atoms with van der Waals surface area (Å²) in [6.07, 6.45) is 2.63. The monoisotopic (exact) mass is 432 g/mol. The van der Waals surface area contributed by atoms with Gasteiger partial charge in [-0.2, -0.15) is 5.10 Å². The molecule has 32 heavy (non-hydrogen) atoms. The zero-order valence-corrected chi connectivity index (χ0v) is 18.6. The minimum Gasteiger partial charge on any atom is -0.347 e. The number of amides is 3. The van der Waals surface area contributed by atoms with Crippen molar-refractivity contribution in [2.45, 2.75) is 46.1 Å². The molecule has 0 saturated carbocycles. The van der Waals surface area contributed by atoms with Crippen molar-refractivity contribution in [2.75, 3.05) is 18.1 Å². The molecular weight excluding hydrogens is 404 g/mol. The molecule has 0 aliphatic carbocycles. The van der Waals surface area contributed by atoms with Gasteiger partial charge in [0.1, 0.15) is 5.71 Å². The highest BCUT2D eigenvalue weighted by molar-refractivity contribution is 6.40. The number of benzene rings is 2. The summed E-state index contributed by atoms with van der Waals surface area (Å²) >= 11 is 0. The molecule has 7 heteroatoms. The molecule has 1 N–H and O–H groups in total. The van der Waals surface area contributed by atoms with Gasteiger partial charge in [0.25, 0.3) is 11.8 Å². The van der Waals surface area contributed by atoms with Crippen LogP contribution in [0.15, 0.2) is 47.6 Å². The first-order valence-electron chi connectivity index (χ1n) is 11.1. The lowest BCUT2D eigenvalue weighted by Gasteiger charge is -2.24. The van der Waals surface area contributed by atoms with Crippen LogP contribution in [0.2, 0.25) is 0 Å². The smallest absolute Gasteiger partial charge is 0.267 e. The third kappa shape index (κ3) is 4.72. The molecule has 7 nitrogen and oxygen atoms in total. The first-order chi connectivity index (χ1) is 15.4. The van der Waals surface area contributed by atoms with Crippen molar-refractivity contribution in [1.29, 1.82) is 0 Å². The van der Waals surface area contributed by atoms with E-state index in [0.717, 1.165) is 42.6 Å². The second-order valence-corrected chi connectivity index (χ2v) is 8.42. The molecule has 3 amide bonds. The third-order valence-electron chi connectivity index (χ3n) is 5.91. The zero-order valence-electron chi connectivity index (χ0n) is 18.6. The standard InChI is InChI=1S/C25H28N4O3/c1-17-8-9-18(2)22(14-17)29-23(30)11-10-21(27-29)24(31)26-16-19-6-5-7-20(15-19)25(32)28-12-3-4-13-28/h5-9,14-15H,3-4,10-13,16H2,1-2H3,(H,26,31). The first kappa shape index (κ1) is 21.7. The molecule has 2 aromatic rings. The molecule has 0 radical (unpaired) electrons. The number of likely N-dealkylation sites (tertiary alicyclic amines) is 1. The van der Waals surface area contributed by atoms with Crippen molar-refractivity contribution >= 4 is 29.1 Å². The van der Waals surface area contributed by atoms with Crippen LogP contribution in [0.1, 0.15) is 52.7 Å². The topological polar surface area (TPSA) is 82.1 Å². The number of carbonyl (C=O) groups excluding carboxylic acids is 3. The molecule has 0 bridgehead atoms. The fourth-order valence-electron chi connectivity index (χ4n) is 4.05. The van der Waals surface area contributed by atoms with E-state index in [4.69, 9.17) is 0 Å². The highest BCUT2D eigenvalue weighted by Crippen LogP contribution is 2.25. The molecule has 2 aliphatic rings. The van der Waals surface area contributed by atoms with E-state index >= 15 is 0 Å². The quantitative estimate of drug-likeness (QED) is 0.787. The number of nitrogens with one attached hydrogen (secondary N) is 1. The molecular formula is C25H28N4O3. The molecule has 0 atom stereocenters. The lowest BCUT2D eigenvalue weighted by molar-refractivity contribution is -0.119. The fraction of sp³-hybridized carbons (Fsp3) is 0.360. The summed E-state index contributed by atoms with van der Waals surface area (Å²) in [5, 5.41) is 8.60.